The molecule has 1 N–H and O–H groups in total. The number of phenols is 1. The maximum Gasteiger partial charge on any atom is 0.410 e. The molecule has 0 spiro atoms. The van der Waals surface area contributed by atoms with E-state index in [1.807, 2.05) is 20.8 Å². The molecule has 7 heterocycles. The number of ether oxygens (including phenoxy) is 2. The molecule has 0 saturated carbocycles. The molecule has 5 aliphatic rings. The van der Waals surface area contributed by atoms with Gasteiger partial charge in [0.1, 0.15) is 68.8 Å². The van der Waals surface area contributed by atoms with Gasteiger partial charge in [0.25, 0.3) is 0 Å². The van der Waals surface area contributed by atoms with Gasteiger partial charge in [-0.1, -0.05) is 101 Å². The summed E-state index contributed by atoms with van der Waals surface area (Å²) in [6.07, 6.45) is 1.37. The minimum atomic E-state index is -2.47. The van der Waals surface area contributed by atoms with E-state index in [0.29, 0.717) is 48.0 Å². The Hall–Kier alpha value is -4.84. The zero-order chi connectivity index (χ0) is 52.6. The maximum atomic E-state index is 18.5. The lowest BCUT2D eigenvalue weighted by atomic mass is 9.87. The number of fused-ring (bicyclic) bond motifs is 5. The monoisotopic (exact) mass is 1020 g/mol. The number of piperidine rings is 1. The summed E-state index contributed by atoms with van der Waals surface area (Å²) in [7, 11) is -4.86. The van der Waals surface area contributed by atoms with E-state index in [1.54, 1.807) is 17.0 Å². The number of hydrogen-bond donors (Lipinski definition) is 1. The summed E-state index contributed by atoms with van der Waals surface area (Å²) in [5, 5.41) is 12.5. The summed E-state index contributed by atoms with van der Waals surface area (Å²) in [5.74, 6) is 5.74. The predicted octanol–water partition coefficient (Wildman–Crippen LogP) is 13.1. The van der Waals surface area contributed by atoms with Gasteiger partial charge in [-0.3, -0.25) is 9.80 Å². The highest BCUT2D eigenvalue weighted by Crippen LogP contribution is 2.46. The van der Waals surface area contributed by atoms with Crippen molar-refractivity contribution in [1.29, 1.82) is 0 Å². The average molecular weight is 1020 g/mol. The molecule has 2 bridgehead atoms. The maximum absolute atomic E-state index is 18.5. The molecule has 5 aliphatic heterocycles. The number of aromatic hydroxyl groups is 1. The third kappa shape index (κ3) is 9.37. The largest absolute Gasteiger partial charge is 0.508 e. The number of phenolic OH excluding ortho intramolecular Hbond substituents is 1. The van der Waals surface area contributed by atoms with Crippen LogP contribution in [0.1, 0.15) is 141 Å². The number of nitrogens with zero attached hydrogens (tertiary/aromatic N) is 6. The highest BCUT2D eigenvalue weighted by atomic mass is 28.3. The van der Waals surface area contributed by atoms with Crippen molar-refractivity contribution in [3.63, 3.8) is 0 Å². The second kappa shape index (κ2) is 19.8. The lowest BCUT2D eigenvalue weighted by Gasteiger charge is -2.56. The van der Waals surface area contributed by atoms with Crippen LogP contribution >= 0.6 is 0 Å². The van der Waals surface area contributed by atoms with Crippen molar-refractivity contribution >= 4 is 49.7 Å². The second-order valence-corrected chi connectivity index (χ2v) is 35.3. The van der Waals surface area contributed by atoms with Gasteiger partial charge >= 0.3 is 12.1 Å². The first-order valence-corrected chi connectivity index (χ1v) is 30.9. The van der Waals surface area contributed by atoms with Crippen molar-refractivity contribution < 1.29 is 32.5 Å². The van der Waals surface area contributed by atoms with Crippen molar-refractivity contribution in [1.82, 2.24) is 24.8 Å². The fourth-order valence-corrected chi connectivity index (χ4v) is 24.1. The van der Waals surface area contributed by atoms with E-state index >= 15 is 13.2 Å². The quantitative estimate of drug-likeness (QED) is 0.116. The molecule has 9 rings (SSSR count). The van der Waals surface area contributed by atoms with Crippen molar-refractivity contribution in [3.8, 4) is 45.9 Å². The zero-order valence-corrected chi connectivity index (χ0v) is 47.4. The van der Waals surface area contributed by atoms with Crippen LogP contribution in [0, 0.1) is 34.6 Å². The Morgan fingerprint density at radius 3 is 2.01 bits per heavy atom. The number of alkyl halides is 1. The number of carbonyl (C=O) groups excluding carboxylic acids is 1. The van der Waals surface area contributed by atoms with E-state index in [9.17, 15) is 9.90 Å². The Morgan fingerprint density at radius 1 is 0.833 bits per heavy atom. The number of piperazine rings is 1. The Bertz CT molecular complexity index is 2830. The summed E-state index contributed by atoms with van der Waals surface area (Å²) in [6.45, 7) is 34.0. The molecule has 4 atom stereocenters. The van der Waals surface area contributed by atoms with Crippen molar-refractivity contribution in [2.75, 3.05) is 37.7 Å². The van der Waals surface area contributed by atoms with Crippen molar-refractivity contribution in [3.05, 3.63) is 47.2 Å². The molecule has 0 radical (unpaired) electrons. The summed E-state index contributed by atoms with van der Waals surface area (Å²) >= 11 is 0. The molecular weight excluding hydrogens is 946 g/mol. The Morgan fingerprint density at radius 2 is 1.43 bits per heavy atom. The molecule has 0 aliphatic carbocycles. The number of benzene rings is 2. The summed E-state index contributed by atoms with van der Waals surface area (Å²) in [5.41, 5.74) is 8.11. The topological polar surface area (TPSA) is 104 Å². The van der Waals surface area contributed by atoms with Crippen LogP contribution in [0.5, 0.6) is 11.8 Å². The minimum Gasteiger partial charge on any atom is -0.508 e. The molecule has 15 heteroatoms. The summed E-state index contributed by atoms with van der Waals surface area (Å²) in [4.78, 5) is 34.7. The van der Waals surface area contributed by atoms with Gasteiger partial charge in [-0.15, -0.1) is 11.1 Å². The molecule has 2 aromatic carbocycles. The Kier molecular flexibility index (Phi) is 14.7. The van der Waals surface area contributed by atoms with Crippen LogP contribution in [0.4, 0.5) is 23.8 Å². The van der Waals surface area contributed by atoms with Crippen molar-refractivity contribution in [2.24, 2.45) is 0 Å². The van der Waals surface area contributed by atoms with Gasteiger partial charge in [0, 0.05) is 37.0 Å². The zero-order valence-electron chi connectivity index (χ0n) is 45.4. The van der Waals surface area contributed by atoms with E-state index in [4.69, 9.17) is 24.4 Å². The van der Waals surface area contributed by atoms with Crippen molar-refractivity contribution in [2.45, 2.75) is 192 Å². The molecule has 5 saturated heterocycles. The molecule has 388 valence electrons. The van der Waals surface area contributed by atoms with E-state index in [0.717, 1.165) is 25.8 Å². The van der Waals surface area contributed by atoms with Crippen LogP contribution in [0.25, 0.3) is 32.9 Å². The van der Waals surface area contributed by atoms with Crippen LogP contribution < -0.4 is 9.64 Å². The van der Waals surface area contributed by atoms with Crippen LogP contribution in [0.2, 0.25) is 33.2 Å². The van der Waals surface area contributed by atoms with Gasteiger partial charge in [-0.2, -0.15) is 9.97 Å². The van der Waals surface area contributed by atoms with Crippen LogP contribution in [-0.2, 0) is 4.74 Å². The molecule has 4 aromatic rings. The van der Waals surface area contributed by atoms with Gasteiger partial charge in [0.15, 0.2) is 5.82 Å². The number of amides is 1. The lowest BCUT2D eigenvalue weighted by Crippen LogP contribution is -2.70. The third-order valence-electron chi connectivity index (χ3n) is 16.9. The van der Waals surface area contributed by atoms with Crippen LogP contribution in [-0.4, -0.2) is 114 Å². The molecular formula is C57H77F3N6O4Si2. The van der Waals surface area contributed by atoms with E-state index in [1.165, 1.54) is 12.1 Å². The van der Waals surface area contributed by atoms with E-state index in [-0.39, 0.29) is 97.8 Å². The normalized spacial score (nSPS) is 21.5. The number of rotatable bonds is 11. The molecule has 1 amide bonds. The summed E-state index contributed by atoms with van der Waals surface area (Å²) < 4.78 is 62.7. The number of aromatic nitrogens is 3. The van der Waals surface area contributed by atoms with Gasteiger partial charge in [-0.25, -0.2) is 22.9 Å². The van der Waals surface area contributed by atoms with Crippen LogP contribution in [0.3, 0.4) is 0 Å². The third-order valence-corrected chi connectivity index (χ3v) is 29.5. The highest BCUT2D eigenvalue weighted by molar-refractivity contribution is 6.91. The number of carbonyl (C=O) groups is 1. The van der Waals surface area contributed by atoms with Gasteiger partial charge in [0.2, 0.25) is 0 Å². The summed E-state index contributed by atoms with van der Waals surface area (Å²) in [6, 6.07) is 5.42. The molecule has 5 fully saturated rings. The molecule has 2 unspecified atom stereocenters. The number of hydrogen-bond acceptors (Lipinski definition) is 9. The molecule has 10 nitrogen and oxygen atoms in total. The SMILES string of the molecule is CC(C)[Si](C#Cc1c(F)ccc2cc(O)cc(-c3nc(C#C[Si](C(C)C)(C(C)C)C(C)C)c4c(N5CC6CC(C5)N6C(=O)OC(C)(C)C)nc(OC[C@@]56CCCN5C[C@H](F)C6)nc4c3F)c12)(C(C)C)C(C)C. The molecule has 2 aromatic heterocycles. The van der Waals surface area contributed by atoms with E-state index in [2.05, 4.69) is 116 Å². The number of pyridine rings is 1. The standard InChI is InChI=1S/C57H77F3N6O4Si2/c1-33(2)71(34(3)4,35(5)6)23-19-44-46(59)18-17-39-25-43(67)27-45(48(39)44)51-50(60)52-49(47(61-51)20-24-72(36(7)8,37(9)10)38(11)12)53(64-30-41-26-42(31-64)66(41)55(68)70-56(13,14)15)63-54(62-52)69-32-57-21-16-22-65(57)29-40(58)28-57/h17-18,25,27,33-38,40-42,67H,16,21-22,26,28-32H2,1-15H3/t40-,41?,42?,57+/m1/s1. The van der Waals surface area contributed by atoms with Crippen LogP contribution in [0.15, 0.2) is 24.3 Å². The first-order chi connectivity index (χ1) is 33.7. The fraction of sp³-hybridized carbons (Fsp3) is 0.614. The number of anilines is 1. The first kappa shape index (κ1) is 53.5. The highest BCUT2D eigenvalue weighted by Gasteiger charge is 2.51. The predicted molar refractivity (Wildman–Crippen MR) is 289 cm³/mol. The van der Waals surface area contributed by atoms with Gasteiger partial charge in [-0.05, 0) is 103 Å². The molecule has 72 heavy (non-hydrogen) atoms. The van der Waals surface area contributed by atoms with Gasteiger partial charge < -0.3 is 19.5 Å². The minimum absolute atomic E-state index is 0.0785. The number of halogens is 3. The lowest BCUT2D eigenvalue weighted by molar-refractivity contribution is -0.0380. The second-order valence-electron chi connectivity index (χ2n) is 24.2. The van der Waals surface area contributed by atoms with E-state index < -0.39 is 45.1 Å². The first-order valence-electron chi connectivity index (χ1n) is 26.5. The Labute approximate surface area is 428 Å². The Balaban J connectivity index is 1.42. The smallest absolute Gasteiger partial charge is 0.410 e. The van der Waals surface area contributed by atoms with Gasteiger partial charge in [0.05, 0.1) is 28.6 Å². The fourth-order valence-electron chi connectivity index (χ4n) is 13.7. The average Bonchev–Trinajstić information content (AvgIpc) is 3.81.